The SMILES string of the molecule is COc1ccccc1CCC(=O)N1CCc2c(C(=O)NC3CC(=O)N(C)C3)n[nH]c2C1. The molecule has 3 heterocycles. The summed E-state index contributed by atoms with van der Waals surface area (Å²) in [6.45, 7) is 1.46. The summed E-state index contributed by atoms with van der Waals surface area (Å²) in [5.74, 6) is 0.596. The third-order valence-electron chi connectivity index (χ3n) is 5.98. The number of carbonyl (C=O) groups excluding carboxylic acids is 3. The standard InChI is InChI=1S/C22H27N5O4/c1-26-12-15(11-20(26)29)23-22(30)21-16-9-10-27(13-17(16)24-25-21)19(28)8-7-14-5-3-4-6-18(14)31-2/h3-6,15H,7-13H2,1-2H3,(H,23,30)(H,24,25). The third-order valence-corrected chi connectivity index (χ3v) is 5.98. The number of likely N-dealkylation sites (tertiary alicyclic amines) is 1. The van der Waals surface area contributed by atoms with Gasteiger partial charge in [-0.3, -0.25) is 19.5 Å². The van der Waals surface area contributed by atoms with E-state index in [1.54, 1.807) is 24.0 Å². The van der Waals surface area contributed by atoms with Crippen molar-refractivity contribution in [3.8, 4) is 5.75 Å². The molecule has 1 fully saturated rings. The molecule has 1 aromatic carbocycles. The maximum Gasteiger partial charge on any atom is 0.272 e. The molecule has 9 nitrogen and oxygen atoms in total. The van der Waals surface area contributed by atoms with E-state index in [1.165, 1.54) is 0 Å². The van der Waals surface area contributed by atoms with Crippen LogP contribution in [0.15, 0.2) is 24.3 Å². The number of nitrogens with one attached hydrogen (secondary N) is 2. The molecule has 1 atom stereocenters. The molecule has 0 spiro atoms. The van der Waals surface area contributed by atoms with E-state index >= 15 is 0 Å². The number of hydrogen-bond donors (Lipinski definition) is 2. The third kappa shape index (κ3) is 4.40. The van der Waals surface area contributed by atoms with E-state index in [9.17, 15) is 14.4 Å². The highest BCUT2D eigenvalue weighted by Crippen LogP contribution is 2.23. The van der Waals surface area contributed by atoms with Crippen molar-refractivity contribution in [2.45, 2.75) is 38.3 Å². The Bertz CT molecular complexity index is 1000. The predicted molar refractivity (Wildman–Crippen MR) is 113 cm³/mol. The Balaban J connectivity index is 1.35. The maximum atomic E-state index is 12.7. The largest absolute Gasteiger partial charge is 0.496 e. The van der Waals surface area contributed by atoms with Crippen molar-refractivity contribution in [3.63, 3.8) is 0 Å². The van der Waals surface area contributed by atoms with E-state index in [0.29, 0.717) is 51.0 Å². The first-order valence-electron chi connectivity index (χ1n) is 10.5. The van der Waals surface area contributed by atoms with Gasteiger partial charge in [-0.05, 0) is 24.5 Å². The molecule has 0 aliphatic carbocycles. The number of aromatic nitrogens is 2. The molecule has 0 radical (unpaired) electrons. The van der Waals surface area contributed by atoms with Crippen molar-refractivity contribution in [3.05, 3.63) is 46.8 Å². The Morgan fingerprint density at radius 2 is 2.13 bits per heavy atom. The number of H-pyrrole nitrogens is 1. The number of methoxy groups -OCH3 is 1. The number of nitrogens with zero attached hydrogens (tertiary/aromatic N) is 3. The second kappa shape index (κ2) is 8.79. The first-order valence-corrected chi connectivity index (χ1v) is 10.5. The van der Waals surface area contributed by atoms with Gasteiger partial charge in [-0.1, -0.05) is 18.2 Å². The van der Waals surface area contributed by atoms with Crippen molar-refractivity contribution >= 4 is 17.7 Å². The number of amides is 3. The number of rotatable bonds is 6. The molecule has 4 rings (SSSR count). The van der Waals surface area contributed by atoms with E-state index in [1.807, 2.05) is 24.3 Å². The molecule has 0 bridgehead atoms. The minimum atomic E-state index is -0.276. The number of aryl methyl sites for hydroxylation is 1. The van der Waals surface area contributed by atoms with Crippen LogP contribution in [-0.4, -0.2) is 71.0 Å². The minimum absolute atomic E-state index is 0.0247. The molecular weight excluding hydrogens is 398 g/mol. The molecule has 0 saturated carbocycles. The zero-order chi connectivity index (χ0) is 22.0. The quantitative estimate of drug-likeness (QED) is 0.715. The van der Waals surface area contributed by atoms with Crippen molar-refractivity contribution in [2.24, 2.45) is 0 Å². The van der Waals surface area contributed by atoms with Gasteiger partial charge in [-0.2, -0.15) is 5.10 Å². The number of likely N-dealkylation sites (N-methyl/N-ethyl adjacent to an activating group) is 1. The van der Waals surface area contributed by atoms with Gasteiger partial charge in [0.1, 0.15) is 5.75 Å². The molecule has 31 heavy (non-hydrogen) atoms. The van der Waals surface area contributed by atoms with E-state index in [2.05, 4.69) is 15.5 Å². The summed E-state index contributed by atoms with van der Waals surface area (Å²) in [4.78, 5) is 40.5. The predicted octanol–water partition coefficient (Wildman–Crippen LogP) is 0.896. The van der Waals surface area contributed by atoms with Gasteiger partial charge in [0.15, 0.2) is 5.69 Å². The first-order chi connectivity index (χ1) is 15.0. The summed E-state index contributed by atoms with van der Waals surface area (Å²) >= 11 is 0. The second-order valence-electron chi connectivity index (χ2n) is 8.06. The van der Waals surface area contributed by atoms with E-state index in [4.69, 9.17) is 4.74 Å². The van der Waals surface area contributed by atoms with Gasteiger partial charge >= 0.3 is 0 Å². The summed E-state index contributed by atoms with van der Waals surface area (Å²) in [5, 5.41) is 10.0. The van der Waals surface area contributed by atoms with Crippen LogP contribution in [0.4, 0.5) is 0 Å². The van der Waals surface area contributed by atoms with Crippen LogP contribution in [0.2, 0.25) is 0 Å². The van der Waals surface area contributed by atoms with Crippen molar-refractivity contribution in [2.75, 3.05) is 27.2 Å². The van der Waals surface area contributed by atoms with Gasteiger partial charge in [-0.15, -0.1) is 0 Å². The number of benzene rings is 1. The van der Waals surface area contributed by atoms with Crippen LogP contribution in [0.25, 0.3) is 0 Å². The molecule has 1 saturated heterocycles. The summed E-state index contributed by atoms with van der Waals surface area (Å²) in [5.41, 5.74) is 3.01. The van der Waals surface area contributed by atoms with Gasteiger partial charge in [-0.25, -0.2) is 0 Å². The van der Waals surface area contributed by atoms with Gasteiger partial charge < -0.3 is 19.9 Å². The second-order valence-corrected chi connectivity index (χ2v) is 8.06. The fraction of sp³-hybridized carbons (Fsp3) is 0.455. The van der Waals surface area contributed by atoms with Gasteiger partial charge in [0.2, 0.25) is 11.8 Å². The molecule has 2 aliphatic rings. The fourth-order valence-corrected chi connectivity index (χ4v) is 4.24. The van der Waals surface area contributed by atoms with Gasteiger partial charge in [0, 0.05) is 38.5 Å². The van der Waals surface area contributed by atoms with Crippen LogP contribution in [-0.2, 0) is 29.0 Å². The lowest BCUT2D eigenvalue weighted by molar-refractivity contribution is -0.132. The Kier molecular flexibility index (Phi) is 5.92. The molecule has 3 amide bonds. The molecule has 2 N–H and O–H groups in total. The molecular formula is C22H27N5O4. The van der Waals surface area contributed by atoms with Gasteiger partial charge in [0.05, 0.1) is 25.4 Å². The smallest absolute Gasteiger partial charge is 0.272 e. The zero-order valence-corrected chi connectivity index (χ0v) is 17.8. The summed E-state index contributed by atoms with van der Waals surface area (Å²) < 4.78 is 5.36. The van der Waals surface area contributed by atoms with Crippen LogP contribution in [0.1, 0.15) is 40.2 Å². The first kappa shape index (κ1) is 20.9. The van der Waals surface area contributed by atoms with E-state index in [-0.39, 0.29) is 23.8 Å². The Morgan fingerprint density at radius 1 is 1.32 bits per heavy atom. The fourth-order valence-electron chi connectivity index (χ4n) is 4.24. The lowest BCUT2D eigenvalue weighted by atomic mass is 10.0. The average Bonchev–Trinajstić information content (AvgIpc) is 3.34. The Labute approximate surface area is 180 Å². The molecule has 1 unspecified atom stereocenters. The van der Waals surface area contributed by atoms with Crippen LogP contribution < -0.4 is 10.1 Å². The van der Waals surface area contributed by atoms with Gasteiger partial charge in [0.25, 0.3) is 5.91 Å². The highest BCUT2D eigenvalue weighted by molar-refractivity contribution is 5.95. The summed E-state index contributed by atoms with van der Waals surface area (Å²) in [7, 11) is 3.35. The Morgan fingerprint density at radius 3 is 2.87 bits per heavy atom. The van der Waals surface area contributed by atoms with E-state index < -0.39 is 0 Å². The number of carbonyl (C=O) groups is 3. The number of hydrogen-bond acceptors (Lipinski definition) is 5. The lowest BCUT2D eigenvalue weighted by Crippen LogP contribution is -2.38. The number of ether oxygens (including phenoxy) is 1. The van der Waals surface area contributed by atoms with Crippen molar-refractivity contribution < 1.29 is 19.1 Å². The minimum Gasteiger partial charge on any atom is -0.496 e. The number of para-hydroxylation sites is 1. The average molecular weight is 425 g/mol. The van der Waals surface area contributed by atoms with E-state index in [0.717, 1.165) is 22.6 Å². The Hall–Kier alpha value is -3.36. The van der Waals surface area contributed by atoms with Crippen LogP contribution in [0, 0.1) is 0 Å². The molecule has 164 valence electrons. The van der Waals surface area contributed by atoms with Crippen molar-refractivity contribution in [1.29, 1.82) is 0 Å². The monoisotopic (exact) mass is 425 g/mol. The lowest BCUT2D eigenvalue weighted by Gasteiger charge is -2.27. The number of aromatic amines is 1. The maximum absolute atomic E-state index is 12.7. The summed E-state index contributed by atoms with van der Waals surface area (Å²) in [6.07, 6.45) is 1.87. The van der Waals surface area contributed by atoms with Crippen LogP contribution in [0.5, 0.6) is 5.75 Å². The number of fused-ring (bicyclic) bond motifs is 1. The zero-order valence-electron chi connectivity index (χ0n) is 17.8. The molecule has 1 aromatic heterocycles. The topological polar surface area (TPSA) is 108 Å². The summed E-state index contributed by atoms with van der Waals surface area (Å²) in [6, 6.07) is 7.51. The highest BCUT2D eigenvalue weighted by Gasteiger charge is 2.31. The molecule has 2 aromatic rings. The molecule has 9 heteroatoms. The highest BCUT2D eigenvalue weighted by atomic mass is 16.5. The molecule has 2 aliphatic heterocycles. The van der Waals surface area contributed by atoms with Crippen LogP contribution in [0.3, 0.4) is 0 Å². The van der Waals surface area contributed by atoms with Crippen LogP contribution >= 0.6 is 0 Å². The van der Waals surface area contributed by atoms with Crippen molar-refractivity contribution in [1.82, 2.24) is 25.3 Å². The normalized spacial score (nSPS) is 18.1.